The highest BCUT2D eigenvalue weighted by Gasteiger charge is 2.22. The minimum Gasteiger partial charge on any atom is -0.490 e. The highest BCUT2D eigenvalue weighted by molar-refractivity contribution is 8.00. The van der Waals surface area contributed by atoms with Gasteiger partial charge < -0.3 is 19.2 Å². The molecule has 0 fully saturated rings. The molecule has 7 heteroatoms. The lowest BCUT2D eigenvalue weighted by Gasteiger charge is -2.09. The standard InChI is InChI=1S/C20H23NO5S/c1-4-24-20(23)19-12(2)18(13(3)21-19)15(22)11-27-14-6-7-16-17(10-14)26-9-5-8-25-16/h6-7,10,21H,4-5,8-9,11H2,1-3H3. The number of aromatic nitrogens is 1. The highest BCUT2D eigenvalue weighted by atomic mass is 32.2. The van der Waals surface area contributed by atoms with Gasteiger partial charge in [-0.1, -0.05) is 0 Å². The van der Waals surface area contributed by atoms with Crippen molar-refractivity contribution >= 4 is 23.5 Å². The topological polar surface area (TPSA) is 77.6 Å². The largest absolute Gasteiger partial charge is 0.490 e. The molecule has 0 radical (unpaired) electrons. The summed E-state index contributed by atoms with van der Waals surface area (Å²) in [5.41, 5.74) is 2.22. The molecule has 0 saturated carbocycles. The summed E-state index contributed by atoms with van der Waals surface area (Å²) in [6, 6.07) is 5.70. The minimum atomic E-state index is -0.437. The van der Waals surface area contributed by atoms with E-state index in [-0.39, 0.29) is 11.5 Å². The summed E-state index contributed by atoms with van der Waals surface area (Å²) in [4.78, 5) is 28.7. The third-order valence-corrected chi connectivity index (χ3v) is 5.28. The molecule has 3 rings (SSSR count). The van der Waals surface area contributed by atoms with Crippen LogP contribution in [0.2, 0.25) is 0 Å². The number of aryl methyl sites for hydroxylation is 1. The predicted octanol–water partition coefficient (Wildman–Crippen LogP) is 3.94. The first kappa shape index (κ1) is 19.4. The Labute approximate surface area is 162 Å². The van der Waals surface area contributed by atoms with E-state index in [4.69, 9.17) is 14.2 Å². The molecular weight excluding hydrogens is 366 g/mol. The van der Waals surface area contributed by atoms with Crippen LogP contribution in [-0.2, 0) is 4.74 Å². The van der Waals surface area contributed by atoms with E-state index >= 15 is 0 Å². The quantitative estimate of drug-likeness (QED) is 0.458. The molecule has 2 aromatic rings. The average Bonchev–Trinajstić information content (AvgIpc) is 2.82. The second kappa shape index (κ2) is 8.52. The third-order valence-electron chi connectivity index (χ3n) is 4.28. The van der Waals surface area contributed by atoms with E-state index in [1.807, 2.05) is 18.2 Å². The lowest BCUT2D eigenvalue weighted by atomic mass is 10.1. The third kappa shape index (κ3) is 4.30. The Kier molecular flexibility index (Phi) is 6.11. The molecule has 0 amide bonds. The Hall–Kier alpha value is -2.41. The zero-order valence-electron chi connectivity index (χ0n) is 15.7. The summed E-state index contributed by atoms with van der Waals surface area (Å²) in [6.07, 6.45) is 0.852. The molecule has 6 nitrogen and oxygen atoms in total. The van der Waals surface area contributed by atoms with Crippen LogP contribution < -0.4 is 9.47 Å². The number of esters is 1. The van der Waals surface area contributed by atoms with Crippen molar-refractivity contribution < 1.29 is 23.8 Å². The number of H-pyrrole nitrogens is 1. The molecular formula is C20H23NO5S. The maximum absolute atomic E-state index is 12.7. The van der Waals surface area contributed by atoms with Gasteiger partial charge in [-0.2, -0.15) is 0 Å². The molecule has 144 valence electrons. The molecule has 0 saturated heterocycles. The molecule has 1 aromatic heterocycles. The van der Waals surface area contributed by atoms with Gasteiger partial charge in [0, 0.05) is 22.6 Å². The number of ketones is 1. The molecule has 0 spiro atoms. The molecule has 0 unspecified atom stereocenters. The number of rotatable bonds is 6. The zero-order chi connectivity index (χ0) is 19.4. The summed E-state index contributed by atoms with van der Waals surface area (Å²) in [6.45, 7) is 6.87. The number of Topliss-reactive ketones (excluding diaryl/α,β-unsaturated/α-hetero) is 1. The van der Waals surface area contributed by atoms with Gasteiger partial charge in [-0.05, 0) is 44.5 Å². The van der Waals surface area contributed by atoms with Gasteiger partial charge in [0.2, 0.25) is 0 Å². The van der Waals surface area contributed by atoms with Crippen molar-refractivity contribution in [3.63, 3.8) is 0 Å². The smallest absolute Gasteiger partial charge is 0.355 e. The maximum Gasteiger partial charge on any atom is 0.355 e. The fourth-order valence-electron chi connectivity index (χ4n) is 3.03. The second-order valence-electron chi connectivity index (χ2n) is 6.22. The first-order chi connectivity index (χ1) is 13.0. The van der Waals surface area contributed by atoms with E-state index < -0.39 is 5.97 Å². The van der Waals surface area contributed by atoms with Gasteiger partial charge in [0.25, 0.3) is 0 Å². The van der Waals surface area contributed by atoms with Crippen molar-refractivity contribution in [2.45, 2.75) is 32.1 Å². The van der Waals surface area contributed by atoms with Gasteiger partial charge in [0.05, 0.1) is 25.6 Å². The number of thioether (sulfide) groups is 1. The van der Waals surface area contributed by atoms with Crippen molar-refractivity contribution in [2.24, 2.45) is 0 Å². The molecule has 1 N–H and O–H groups in total. The van der Waals surface area contributed by atoms with Gasteiger partial charge in [-0.3, -0.25) is 4.79 Å². The number of fused-ring (bicyclic) bond motifs is 1. The van der Waals surface area contributed by atoms with E-state index in [0.29, 0.717) is 48.1 Å². The number of aromatic amines is 1. The summed E-state index contributed by atoms with van der Waals surface area (Å²) in [5, 5.41) is 0. The van der Waals surface area contributed by atoms with E-state index in [0.717, 1.165) is 17.1 Å². The number of carbonyl (C=O) groups is 2. The van der Waals surface area contributed by atoms with E-state index in [1.165, 1.54) is 11.8 Å². The summed E-state index contributed by atoms with van der Waals surface area (Å²) in [5.74, 6) is 1.24. The average molecular weight is 389 g/mol. The van der Waals surface area contributed by atoms with Crippen LogP contribution in [0, 0.1) is 13.8 Å². The van der Waals surface area contributed by atoms with Gasteiger partial charge in [0.15, 0.2) is 17.3 Å². The molecule has 1 aliphatic heterocycles. The number of hydrogen-bond acceptors (Lipinski definition) is 6. The summed E-state index contributed by atoms with van der Waals surface area (Å²) < 4.78 is 16.4. The van der Waals surface area contributed by atoms with Crippen LogP contribution in [-0.4, -0.2) is 42.3 Å². The molecule has 1 aromatic carbocycles. The second-order valence-corrected chi connectivity index (χ2v) is 7.27. The number of hydrogen-bond donors (Lipinski definition) is 1. The molecule has 2 heterocycles. The van der Waals surface area contributed by atoms with Crippen LogP contribution in [0.3, 0.4) is 0 Å². The number of benzene rings is 1. The Morgan fingerprint density at radius 1 is 1.19 bits per heavy atom. The Morgan fingerprint density at radius 3 is 2.67 bits per heavy atom. The van der Waals surface area contributed by atoms with Crippen LogP contribution in [0.4, 0.5) is 0 Å². The lowest BCUT2D eigenvalue weighted by Crippen LogP contribution is -2.08. The van der Waals surface area contributed by atoms with Gasteiger partial charge in [-0.15, -0.1) is 11.8 Å². The van der Waals surface area contributed by atoms with E-state index in [1.54, 1.807) is 20.8 Å². The van der Waals surface area contributed by atoms with Crippen LogP contribution in [0.1, 0.15) is 45.4 Å². The number of carbonyl (C=O) groups excluding carboxylic acids is 2. The van der Waals surface area contributed by atoms with E-state index in [9.17, 15) is 9.59 Å². The van der Waals surface area contributed by atoms with Crippen LogP contribution in [0.25, 0.3) is 0 Å². The van der Waals surface area contributed by atoms with Crippen LogP contribution >= 0.6 is 11.8 Å². The molecule has 27 heavy (non-hydrogen) atoms. The van der Waals surface area contributed by atoms with Gasteiger partial charge >= 0.3 is 5.97 Å². The first-order valence-electron chi connectivity index (χ1n) is 8.93. The Balaban J connectivity index is 1.71. The molecule has 0 bridgehead atoms. The molecule has 0 atom stereocenters. The SMILES string of the molecule is CCOC(=O)c1[nH]c(C)c(C(=O)CSc2ccc3c(c2)OCCCO3)c1C. The van der Waals surface area contributed by atoms with Crippen LogP contribution in [0.15, 0.2) is 23.1 Å². The fraction of sp³-hybridized carbons (Fsp3) is 0.400. The number of nitrogens with one attached hydrogen (secondary N) is 1. The summed E-state index contributed by atoms with van der Waals surface area (Å²) in [7, 11) is 0. The summed E-state index contributed by atoms with van der Waals surface area (Å²) >= 11 is 1.43. The molecule has 0 aliphatic carbocycles. The van der Waals surface area contributed by atoms with Gasteiger partial charge in [-0.25, -0.2) is 4.79 Å². The first-order valence-corrected chi connectivity index (χ1v) is 9.91. The zero-order valence-corrected chi connectivity index (χ0v) is 16.5. The van der Waals surface area contributed by atoms with E-state index in [2.05, 4.69) is 4.98 Å². The predicted molar refractivity (Wildman–Crippen MR) is 103 cm³/mol. The Morgan fingerprint density at radius 2 is 1.93 bits per heavy atom. The molecule has 1 aliphatic rings. The van der Waals surface area contributed by atoms with Crippen molar-refractivity contribution in [3.05, 3.63) is 40.7 Å². The minimum absolute atomic E-state index is 0.0334. The van der Waals surface area contributed by atoms with Crippen molar-refractivity contribution in [2.75, 3.05) is 25.6 Å². The van der Waals surface area contributed by atoms with Crippen molar-refractivity contribution in [3.8, 4) is 11.5 Å². The normalized spacial score (nSPS) is 13.1. The van der Waals surface area contributed by atoms with Crippen LogP contribution in [0.5, 0.6) is 11.5 Å². The van der Waals surface area contributed by atoms with Crippen molar-refractivity contribution in [1.82, 2.24) is 4.98 Å². The Bertz CT molecular complexity index is 858. The maximum atomic E-state index is 12.7. The lowest BCUT2D eigenvalue weighted by molar-refractivity contribution is 0.0519. The number of ether oxygens (including phenoxy) is 3. The van der Waals surface area contributed by atoms with Crippen molar-refractivity contribution in [1.29, 1.82) is 0 Å². The highest BCUT2D eigenvalue weighted by Crippen LogP contribution is 2.34. The monoisotopic (exact) mass is 389 g/mol. The fourth-order valence-corrected chi connectivity index (χ4v) is 3.83. The van der Waals surface area contributed by atoms with Gasteiger partial charge in [0.1, 0.15) is 5.69 Å².